The summed E-state index contributed by atoms with van der Waals surface area (Å²) in [6.07, 6.45) is 5.37. The second-order valence-corrected chi connectivity index (χ2v) is 4.74. The minimum atomic E-state index is 0.574. The first-order valence-corrected chi connectivity index (χ1v) is 5.96. The van der Waals surface area contributed by atoms with Gasteiger partial charge in [-0.1, -0.05) is 6.42 Å². The zero-order valence-electron chi connectivity index (χ0n) is 8.61. The number of piperidine rings is 1. The predicted molar refractivity (Wildman–Crippen MR) is 62.2 cm³/mol. The highest BCUT2D eigenvalue weighted by atomic mass is 32.1. The topological polar surface area (TPSA) is 32.5 Å². The Labute approximate surface area is 91.2 Å². The number of nitrogens with zero attached hydrogens (tertiary/aromatic N) is 2. The van der Waals surface area contributed by atoms with Gasteiger partial charge in [0.2, 0.25) is 0 Å². The van der Waals surface area contributed by atoms with Gasteiger partial charge in [-0.2, -0.15) is 0 Å². The van der Waals surface area contributed by atoms with Gasteiger partial charge in [0, 0.05) is 19.1 Å². The van der Waals surface area contributed by atoms with Crippen LogP contribution in [-0.2, 0) is 0 Å². The van der Waals surface area contributed by atoms with E-state index < -0.39 is 0 Å². The lowest BCUT2D eigenvalue weighted by Crippen LogP contribution is -2.42. The van der Waals surface area contributed by atoms with Crippen molar-refractivity contribution in [3.63, 3.8) is 0 Å². The van der Waals surface area contributed by atoms with E-state index in [1.807, 2.05) is 0 Å². The molecule has 0 aromatic rings. The molecule has 4 heteroatoms. The van der Waals surface area contributed by atoms with Crippen LogP contribution in [-0.4, -0.2) is 47.1 Å². The van der Waals surface area contributed by atoms with E-state index in [-0.39, 0.29) is 0 Å². The Morgan fingerprint density at radius 3 is 2.43 bits per heavy atom. The number of nitrogens with two attached hydrogens (primary N) is 1. The van der Waals surface area contributed by atoms with Crippen LogP contribution in [0.25, 0.3) is 0 Å². The first-order valence-electron chi connectivity index (χ1n) is 5.56. The van der Waals surface area contributed by atoms with Crippen molar-refractivity contribution in [1.29, 1.82) is 0 Å². The third kappa shape index (κ3) is 2.17. The van der Waals surface area contributed by atoms with Gasteiger partial charge in [0.25, 0.3) is 0 Å². The zero-order chi connectivity index (χ0) is 9.97. The molecule has 2 N–H and O–H groups in total. The summed E-state index contributed by atoms with van der Waals surface area (Å²) in [5.41, 5.74) is 5.63. The molecule has 2 heterocycles. The quantitative estimate of drug-likeness (QED) is 0.653. The van der Waals surface area contributed by atoms with E-state index in [2.05, 4.69) is 9.80 Å². The first kappa shape index (κ1) is 10.2. The van der Waals surface area contributed by atoms with Crippen molar-refractivity contribution in [1.82, 2.24) is 9.80 Å². The molecule has 0 aliphatic carbocycles. The van der Waals surface area contributed by atoms with E-state index in [0.717, 1.165) is 13.1 Å². The second kappa shape index (κ2) is 4.45. The summed E-state index contributed by atoms with van der Waals surface area (Å²) < 4.78 is 0. The minimum Gasteiger partial charge on any atom is -0.376 e. The van der Waals surface area contributed by atoms with E-state index in [9.17, 15) is 0 Å². The van der Waals surface area contributed by atoms with Crippen LogP contribution in [0.3, 0.4) is 0 Å². The first-order chi connectivity index (χ1) is 6.77. The maximum Gasteiger partial charge on any atom is 0.166 e. The monoisotopic (exact) mass is 213 g/mol. The number of hydrogen-bond donors (Lipinski definition) is 1. The molecule has 0 saturated carbocycles. The van der Waals surface area contributed by atoms with Gasteiger partial charge in [-0.3, -0.25) is 4.90 Å². The van der Waals surface area contributed by atoms with Crippen LogP contribution in [0, 0.1) is 0 Å². The molecule has 2 aliphatic rings. The normalized spacial score (nSPS) is 29.4. The fraction of sp³-hybridized carbons (Fsp3) is 0.900. The largest absolute Gasteiger partial charge is 0.376 e. The van der Waals surface area contributed by atoms with E-state index in [1.165, 1.54) is 38.8 Å². The van der Waals surface area contributed by atoms with E-state index >= 15 is 0 Å². The van der Waals surface area contributed by atoms with Crippen LogP contribution in [0.2, 0.25) is 0 Å². The molecule has 2 fully saturated rings. The molecule has 2 rings (SSSR count). The third-order valence-corrected chi connectivity index (χ3v) is 3.64. The van der Waals surface area contributed by atoms with Crippen molar-refractivity contribution in [2.75, 3.05) is 26.2 Å². The Balaban J connectivity index is 1.85. The van der Waals surface area contributed by atoms with Crippen LogP contribution < -0.4 is 5.73 Å². The number of likely N-dealkylation sites (tertiary alicyclic amines) is 2. The zero-order valence-corrected chi connectivity index (χ0v) is 9.43. The molecular weight excluding hydrogens is 194 g/mol. The Hall–Kier alpha value is -0.350. The highest BCUT2D eigenvalue weighted by molar-refractivity contribution is 7.80. The molecule has 80 valence electrons. The Bertz CT molecular complexity index is 213. The summed E-state index contributed by atoms with van der Waals surface area (Å²) >= 11 is 4.99. The van der Waals surface area contributed by atoms with E-state index in [0.29, 0.717) is 11.2 Å². The Kier molecular flexibility index (Phi) is 3.23. The third-order valence-electron chi connectivity index (χ3n) is 3.38. The molecule has 0 radical (unpaired) electrons. The molecule has 0 spiro atoms. The molecule has 0 amide bonds. The van der Waals surface area contributed by atoms with Gasteiger partial charge in [0.05, 0.1) is 0 Å². The summed E-state index contributed by atoms with van der Waals surface area (Å²) in [6.45, 7) is 4.65. The van der Waals surface area contributed by atoms with Gasteiger partial charge in [-0.25, -0.2) is 0 Å². The van der Waals surface area contributed by atoms with Crippen molar-refractivity contribution in [2.45, 2.75) is 31.7 Å². The summed E-state index contributed by atoms with van der Waals surface area (Å²) in [5, 5.41) is 0.574. The lowest BCUT2D eigenvalue weighted by molar-refractivity contribution is 0.169. The molecule has 0 bridgehead atoms. The standard InChI is InChI=1S/C10H19N3S/c11-10(14)13-7-4-9(8-13)12-5-2-1-3-6-12/h9H,1-8H2,(H2,11,14). The van der Waals surface area contributed by atoms with Crippen LogP contribution >= 0.6 is 12.2 Å². The van der Waals surface area contributed by atoms with Crippen LogP contribution in [0.4, 0.5) is 0 Å². The smallest absolute Gasteiger partial charge is 0.166 e. The fourth-order valence-corrected chi connectivity index (χ4v) is 2.69. The van der Waals surface area contributed by atoms with Crippen molar-refractivity contribution >= 4 is 17.3 Å². The van der Waals surface area contributed by atoms with Gasteiger partial charge in [-0.15, -0.1) is 0 Å². The van der Waals surface area contributed by atoms with E-state index in [4.69, 9.17) is 18.0 Å². The predicted octanol–water partition coefficient (Wildman–Crippen LogP) is 0.790. The van der Waals surface area contributed by atoms with Gasteiger partial charge >= 0.3 is 0 Å². The molecule has 1 unspecified atom stereocenters. The summed E-state index contributed by atoms with van der Waals surface area (Å²) in [4.78, 5) is 4.75. The molecular formula is C10H19N3S. The highest BCUT2D eigenvalue weighted by Gasteiger charge is 2.28. The maximum atomic E-state index is 5.63. The number of hydrogen-bond acceptors (Lipinski definition) is 2. The molecule has 2 saturated heterocycles. The fourth-order valence-electron chi connectivity index (χ4n) is 2.52. The van der Waals surface area contributed by atoms with Gasteiger partial charge in [-0.05, 0) is 44.6 Å². The summed E-state index contributed by atoms with van der Waals surface area (Å²) in [6, 6.07) is 0.705. The van der Waals surface area contributed by atoms with Crippen molar-refractivity contribution in [2.24, 2.45) is 5.73 Å². The molecule has 1 atom stereocenters. The van der Waals surface area contributed by atoms with Gasteiger partial charge < -0.3 is 10.6 Å². The van der Waals surface area contributed by atoms with Crippen molar-refractivity contribution < 1.29 is 0 Å². The van der Waals surface area contributed by atoms with Gasteiger partial charge in [0.1, 0.15) is 0 Å². The number of rotatable bonds is 1. The average Bonchev–Trinajstić information content (AvgIpc) is 2.68. The van der Waals surface area contributed by atoms with Crippen LogP contribution in [0.5, 0.6) is 0 Å². The summed E-state index contributed by atoms with van der Waals surface area (Å²) in [7, 11) is 0. The molecule has 0 aromatic heterocycles. The average molecular weight is 213 g/mol. The molecule has 0 aromatic carbocycles. The molecule has 3 nitrogen and oxygen atoms in total. The Morgan fingerprint density at radius 1 is 1.14 bits per heavy atom. The lowest BCUT2D eigenvalue weighted by atomic mass is 10.1. The summed E-state index contributed by atoms with van der Waals surface area (Å²) in [5.74, 6) is 0. The minimum absolute atomic E-state index is 0.574. The van der Waals surface area contributed by atoms with Crippen LogP contribution in [0.1, 0.15) is 25.7 Å². The maximum absolute atomic E-state index is 5.63. The second-order valence-electron chi connectivity index (χ2n) is 4.32. The van der Waals surface area contributed by atoms with Crippen molar-refractivity contribution in [3.05, 3.63) is 0 Å². The van der Waals surface area contributed by atoms with Gasteiger partial charge in [0.15, 0.2) is 5.11 Å². The highest BCUT2D eigenvalue weighted by Crippen LogP contribution is 2.19. The van der Waals surface area contributed by atoms with Crippen molar-refractivity contribution in [3.8, 4) is 0 Å². The van der Waals surface area contributed by atoms with Crippen LogP contribution in [0.15, 0.2) is 0 Å². The van der Waals surface area contributed by atoms with E-state index in [1.54, 1.807) is 0 Å². The Morgan fingerprint density at radius 2 is 1.86 bits per heavy atom. The SMILES string of the molecule is NC(=S)N1CCC(N2CCCCC2)C1. The lowest BCUT2D eigenvalue weighted by Gasteiger charge is -2.32. The molecule has 14 heavy (non-hydrogen) atoms. The number of thiocarbonyl (C=S) groups is 1. The molecule has 2 aliphatic heterocycles.